The second-order valence-electron chi connectivity index (χ2n) is 10.7. The van der Waals surface area contributed by atoms with E-state index in [1.807, 2.05) is 12.1 Å². The van der Waals surface area contributed by atoms with Crippen molar-refractivity contribution in [1.82, 2.24) is 5.32 Å². The van der Waals surface area contributed by atoms with Gasteiger partial charge in [0.15, 0.2) is 0 Å². The van der Waals surface area contributed by atoms with Crippen LogP contribution in [0.3, 0.4) is 0 Å². The van der Waals surface area contributed by atoms with Crippen molar-refractivity contribution < 1.29 is 23.1 Å². The first-order valence-corrected chi connectivity index (χ1v) is 14.0. The van der Waals surface area contributed by atoms with Gasteiger partial charge in [-0.1, -0.05) is 25.1 Å². The molecule has 0 aliphatic heterocycles. The average Bonchev–Trinajstić information content (AvgIpc) is 3.14. The van der Waals surface area contributed by atoms with E-state index < -0.39 is 10.0 Å². The van der Waals surface area contributed by atoms with Crippen LogP contribution in [0.15, 0.2) is 47.4 Å². The Balaban J connectivity index is 1.17. The second-order valence-corrected chi connectivity index (χ2v) is 12.3. The zero-order valence-corrected chi connectivity index (χ0v) is 20.9. The minimum atomic E-state index is -3.71. The summed E-state index contributed by atoms with van der Waals surface area (Å²) in [6.07, 6.45) is 6.22. The maximum absolute atomic E-state index is 12.7. The normalized spacial score (nSPS) is 29.7. The van der Waals surface area contributed by atoms with Gasteiger partial charge in [0.05, 0.1) is 11.4 Å². The number of aryl methyl sites for hydroxylation is 1. The number of nitrogens with one attached hydrogen (secondary N) is 1. The third kappa shape index (κ3) is 4.71. The molecule has 8 heteroatoms. The fraction of sp³-hybridized carbons (Fsp3) is 0.519. The van der Waals surface area contributed by atoms with Gasteiger partial charge in [-0.05, 0) is 97.2 Å². The van der Waals surface area contributed by atoms with E-state index in [1.165, 1.54) is 23.3 Å². The van der Waals surface area contributed by atoms with E-state index in [0.717, 1.165) is 44.1 Å². The number of phenols is 1. The number of hydrogen-bond acceptors (Lipinski definition) is 6. The van der Waals surface area contributed by atoms with Gasteiger partial charge in [0.2, 0.25) is 10.0 Å². The average molecular weight is 499 g/mol. The molecule has 188 valence electrons. The molecular formula is C27H34N2O5S. The van der Waals surface area contributed by atoms with E-state index in [2.05, 4.69) is 18.3 Å². The minimum absolute atomic E-state index is 0.00873. The van der Waals surface area contributed by atoms with Crippen molar-refractivity contribution in [1.29, 1.82) is 0 Å². The lowest BCUT2D eigenvalue weighted by Crippen LogP contribution is -2.45. The van der Waals surface area contributed by atoms with Crippen molar-refractivity contribution >= 4 is 16.0 Å². The third-order valence-electron chi connectivity index (χ3n) is 8.75. The van der Waals surface area contributed by atoms with Crippen LogP contribution < -0.4 is 10.5 Å². The van der Waals surface area contributed by atoms with Crippen molar-refractivity contribution in [2.75, 3.05) is 6.54 Å². The van der Waals surface area contributed by atoms with Crippen LogP contribution in [-0.2, 0) is 32.5 Å². The van der Waals surface area contributed by atoms with Gasteiger partial charge in [-0.2, -0.15) is 0 Å². The van der Waals surface area contributed by atoms with Gasteiger partial charge >= 0.3 is 5.97 Å². The Morgan fingerprint density at radius 1 is 1.14 bits per heavy atom. The second kappa shape index (κ2) is 9.22. The zero-order chi connectivity index (χ0) is 24.8. The smallest absolute Gasteiger partial charge is 0.320 e. The lowest BCUT2D eigenvalue weighted by atomic mass is 9.55. The van der Waals surface area contributed by atoms with Crippen LogP contribution in [0.4, 0.5) is 0 Å². The molecule has 2 fully saturated rings. The van der Waals surface area contributed by atoms with Crippen molar-refractivity contribution in [3.63, 3.8) is 0 Å². The number of ether oxygens (including phenoxy) is 1. The summed E-state index contributed by atoms with van der Waals surface area (Å²) in [7, 11) is -3.71. The number of aromatic hydroxyl groups is 1. The molecule has 0 heterocycles. The summed E-state index contributed by atoms with van der Waals surface area (Å²) in [5.41, 5.74) is 3.57. The topological polar surface area (TPSA) is 119 Å². The van der Waals surface area contributed by atoms with E-state index in [9.17, 15) is 18.3 Å². The summed E-state index contributed by atoms with van der Waals surface area (Å²) in [6, 6.07) is 12.2. The number of hydrogen-bond donors (Lipinski definition) is 3. The number of sulfonamides is 1. The summed E-state index contributed by atoms with van der Waals surface area (Å²) in [5, 5.41) is 18.1. The van der Waals surface area contributed by atoms with Crippen LogP contribution in [-0.4, -0.2) is 32.1 Å². The van der Waals surface area contributed by atoms with Gasteiger partial charge in [-0.3, -0.25) is 4.79 Å². The Kier molecular flexibility index (Phi) is 6.40. The number of nitrogens with two attached hydrogens (primary N) is 1. The molecule has 2 aromatic carbocycles. The number of fused-ring (bicyclic) bond motifs is 5. The van der Waals surface area contributed by atoms with E-state index in [4.69, 9.17) is 9.88 Å². The quantitative estimate of drug-likeness (QED) is 0.524. The van der Waals surface area contributed by atoms with Gasteiger partial charge in [0.1, 0.15) is 11.9 Å². The highest BCUT2D eigenvalue weighted by Gasteiger charge is 2.56. The number of primary sulfonamides is 1. The summed E-state index contributed by atoms with van der Waals surface area (Å²) in [6.45, 7) is 2.85. The Morgan fingerprint density at radius 2 is 1.91 bits per heavy atom. The van der Waals surface area contributed by atoms with E-state index in [0.29, 0.717) is 30.0 Å². The first kappa shape index (κ1) is 24.3. The predicted molar refractivity (Wildman–Crippen MR) is 132 cm³/mol. The number of rotatable bonds is 6. The molecule has 0 aromatic heterocycles. The van der Waals surface area contributed by atoms with E-state index >= 15 is 0 Å². The van der Waals surface area contributed by atoms with Gasteiger partial charge in [-0.25, -0.2) is 13.6 Å². The fourth-order valence-corrected chi connectivity index (χ4v) is 7.54. The van der Waals surface area contributed by atoms with E-state index in [-0.39, 0.29) is 28.9 Å². The first-order valence-electron chi connectivity index (χ1n) is 12.5. The molecule has 0 amide bonds. The summed E-state index contributed by atoms with van der Waals surface area (Å²) in [4.78, 5) is 12.7. The number of carbonyl (C=O) groups is 1. The Bertz CT molecular complexity index is 1210. The summed E-state index contributed by atoms with van der Waals surface area (Å²) < 4.78 is 28.8. The molecule has 7 nitrogen and oxygen atoms in total. The van der Waals surface area contributed by atoms with Gasteiger partial charge in [0.25, 0.3) is 0 Å². The molecule has 35 heavy (non-hydrogen) atoms. The third-order valence-corrected chi connectivity index (χ3v) is 9.68. The molecule has 5 atom stereocenters. The van der Waals surface area contributed by atoms with Crippen molar-refractivity contribution in [3.05, 3.63) is 59.2 Å². The molecule has 3 aliphatic carbocycles. The number of phenolic OH excluding ortho intramolecular Hbond substituents is 1. The van der Waals surface area contributed by atoms with Crippen LogP contribution in [0.5, 0.6) is 5.75 Å². The van der Waals surface area contributed by atoms with Crippen LogP contribution >= 0.6 is 0 Å². The summed E-state index contributed by atoms with van der Waals surface area (Å²) >= 11 is 0. The lowest BCUT2D eigenvalue weighted by Gasteiger charge is -2.50. The molecule has 0 spiro atoms. The van der Waals surface area contributed by atoms with Crippen molar-refractivity contribution in [2.24, 2.45) is 22.4 Å². The Morgan fingerprint density at radius 3 is 2.66 bits per heavy atom. The predicted octanol–water partition coefficient (Wildman–Crippen LogP) is 3.60. The standard InChI is InChI=1S/C27H34N2O5S/c1-27-13-12-22-21-9-5-19(30)14-18(21)4-8-23(22)24(27)10-11-25(27)34-26(31)16-29-15-17-2-6-20(7-3-17)35(28,32)33/h2-3,5-7,9,14,22-25,29-30H,4,8,10-13,15-16H2,1H3,(H2,28,32,33). The summed E-state index contributed by atoms with van der Waals surface area (Å²) in [5.74, 6) is 1.79. The fourth-order valence-electron chi connectivity index (χ4n) is 7.02. The van der Waals surface area contributed by atoms with Gasteiger partial charge < -0.3 is 15.2 Å². The molecule has 2 aromatic rings. The number of esters is 1. The van der Waals surface area contributed by atoms with Crippen LogP contribution in [0.1, 0.15) is 61.6 Å². The number of benzene rings is 2. The SMILES string of the molecule is CC12CCC3c4ccc(O)cc4CCC3C1CCC2OC(=O)CNCc1ccc(S(N)(=O)=O)cc1. The highest BCUT2D eigenvalue weighted by Crippen LogP contribution is 2.61. The monoisotopic (exact) mass is 498 g/mol. The molecule has 2 saturated carbocycles. The highest BCUT2D eigenvalue weighted by molar-refractivity contribution is 7.89. The number of carbonyl (C=O) groups excluding carboxylic acids is 1. The molecule has 0 bridgehead atoms. The molecule has 3 aliphatic rings. The zero-order valence-electron chi connectivity index (χ0n) is 20.1. The Labute approximate surface area is 207 Å². The molecule has 0 saturated heterocycles. The highest BCUT2D eigenvalue weighted by atomic mass is 32.2. The maximum atomic E-state index is 12.7. The molecule has 5 unspecified atom stereocenters. The molecular weight excluding hydrogens is 464 g/mol. The minimum Gasteiger partial charge on any atom is -0.508 e. The molecule has 4 N–H and O–H groups in total. The van der Waals surface area contributed by atoms with Crippen LogP contribution in [0, 0.1) is 17.3 Å². The lowest BCUT2D eigenvalue weighted by molar-refractivity contribution is -0.156. The Hall–Kier alpha value is -2.42. The van der Waals surface area contributed by atoms with Gasteiger partial charge in [-0.15, -0.1) is 0 Å². The van der Waals surface area contributed by atoms with E-state index in [1.54, 1.807) is 12.1 Å². The van der Waals surface area contributed by atoms with Gasteiger partial charge in [0, 0.05) is 12.0 Å². The maximum Gasteiger partial charge on any atom is 0.320 e. The van der Waals surface area contributed by atoms with Crippen LogP contribution in [0.2, 0.25) is 0 Å². The van der Waals surface area contributed by atoms with Crippen LogP contribution in [0.25, 0.3) is 0 Å². The van der Waals surface area contributed by atoms with Crippen molar-refractivity contribution in [3.8, 4) is 5.75 Å². The molecule has 5 rings (SSSR count). The van der Waals surface area contributed by atoms with Crippen molar-refractivity contribution in [2.45, 2.75) is 68.9 Å². The molecule has 0 radical (unpaired) electrons. The first-order chi connectivity index (χ1) is 16.6. The largest absolute Gasteiger partial charge is 0.508 e.